The molecule has 156 valence electrons. The van der Waals surface area contributed by atoms with E-state index < -0.39 is 10.0 Å². The second-order valence-corrected chi connectivity index (χ2v) is 9.22. The number of ether oxygens (including phenoxy) is 2. The van der Waals surface area contributed by atoms with Crippen molar-refractivity contribution in [3.05, 3.63) is 18.2 Å². The lowest BCUT2D eigenvalue weighted by Crippen LogP contribution is -2.46. The maximum Gasteiger partial charge on any atom is 0.243 e. The monoisotopic (exact) mass is 431 g/mol. The van der Waals surface area contributed by atoms with Gasteiger partial charge < -0.3 is 20.1 Å². The van der Waals surface area contributed by atoms with Crippen molar-refractivity contribution in [3.8, 4) is 11.5 Å². The number of rotatable bonds is 5. The van der Waals surface area contributed by atoms with Crippen molar-refractivity contribution < 1.29 is 22.7 Å². The molecular weight excluding hydrogens is 406 g/mol. The molecule has 0 saturated carbocycles. The van der Waals surface area contributed by atoms with Gasteiger partial charge in [0.15, 0.2) is 11.5 Å². The topological polar surface area (TPSA) is 97.0 Å². The average molecular weight is 432 g/mol. The van der Waals surface area contributed by atoms with E-state index in [1.54, 1.807) is 12.1 Å². The number of sulfonamides is 1. The number of hydrogen-bond acceptors (Lipinski definition) is 6. The fourth-order valence-corrected chi connectivity index (χ4v) is 5.45. The van der Waals surface area contributed by atoms with E-state index in [1.807, 2.05) is 0 Å². The van der Waals surface area contributed by atoms with Gasteiger partial charge in [-0.3, -0.25) is 4.79 Å². The number of hydrogen-bond donors (Lipinski definition) is 2. The largest absolute Gasteiger partial charge is 0.454 e. The van der Waals surface area contributed by atoms with Crippen LogP contribution in [0.25, 0.3) is 0 Å². The Balaban J connectivity index is 0.00000225. The summed E-state index contributed by atoms with van der Waals surface area (Å²) < 4.78 is 38.1. The van der Waals surface area contributed by atoms with Gasteiger partial charge in [0, 0.05) is 25.7 Å². The van der Waals surface area contributed by atoms with Crippen LogP contribution < -0.4 is 20.1 Å². The third-order valence-electron chi connectivity index (χ3n) is 5.41. The number of fused-ring (bicyclic) bond motifs is 1. The van der Waals surface area contributed by atoms with E-state index >= 15 is 0 Å². The molecule has 1 aromatic rings. The fraction of sp³-hybridized carbons (Fsp3) is 0.611. The molecule has 0 bridgehead atoms. The summed E-state index contributed by atoms with van der Waals surface area (Å²) in [5, 5.41) is 6.16. The maximum absolute atomic E-state index is 13.0. The molecule has 0 radical (unpaired) electrons. The summed E-state index contributed by atoms with van der Waals surface area (Å²) in [7, 11) is -3.60. The summed E-state index contributed by atoms with van der Waals surface area (Å²) in [4.78, 5) is 12.4. The minimum Gasteiger partial charge on any atom is -0.454 e. The van der Waals surface area contributed by atoms with Crippen LogP contribution in [0.15, 0.2) is 23.1 Å². The van der Waals surface area contributed by atoms with Crippen molar-refractivity contribution in [1.82, 2.24) is 14.9 Å². The van der Waals surface area contributed by atoms with Crippen LogP contribution in [0.2, 0.25) is 0 Å². The molecule has 2 saturated heterocycles. The summed E-state index contributed by atoms with van der Waals surface area (Å²) in [6.45, 7) is 2.40. The SMILES string of the molecule is Cl.O=C(NCC1CCCN(S(=O)(=O)c2ccc3c(c2)OCO3)C1)C1CCCN1. The van der Waals surface area contributed by atoms with Crippen molar-refractivity contribution in [2.45, 2.75) is 36.6 Å². The third kappa shape index (κ3) is 4.37. The average Bonchev–Trinajstić information content (AvgIpc) is 3.37. The highest BCUT2D eigenvalue weighted by molar-refractivity contribution is 7.89. The van der Waals surface area contributed by atoms with Gasteiger partial charge in [-0.15, -0.1) is 12.4 Å². The van der Waals surface area contributed by atoms with E-state index in [2.05, 4.69) is 10.6 Å². The number of benzene rings is 1. The van der Waals surface area contributed by atoms with Gasteiger partial charge in [-0.25, -0.2) is 8.42 Å². The van der Waals surface area contributed by atoms with E-state index in [4.69, 9.17) is 9.47 Å². The first-order chi connectivity index (χ1) is 13.0. The third-order valence-corrected chi connectivity index (χ3v) is 7.27. The second kappa shape index (κ2) is 8.86. The summed E-state index contributed by atoms with van der Waals surface area (Å²) >= 11 is 0. The normalized spacial score (nSPS) is 24.6. The van der Waals surface area contributed by atoms with Gasteiger partial charge in [0.25, 0.3) is 0 Å². The van der Waals surface area contributed by atoms with E-state index in [-0.39, 0.29) is 42.0 Å². The predicted octanol–water partition coefficient (Wildman–Crippen LogP) is 1.11. The van der Waals surface area contributed by atoms with Gasteiger partial charge in [0.05, 0.1) is 10.9 Å². The predicted molar refractivity (Wildman–Crippen MR) is 105 cm³/mol. The Labute approximate surface area is 171 Å². The van der Waals surface area contributed by atoms with Gasteiger partial charge in [-0.2, -0.15) is 4.31 Å². The minimum absolute atomic E-state index is 0. The Morgan fingerprint density at radius 2 is 2.04 bits per heavy atom. The van der Waals surface area contributed by atoms with Gasteiger partial charge in [-0.05, 0) is 50.3 Å². The minimum atomic E-state index is -3.60. The standard InChI is InChI=1S/C18H25N3O5S.ClH/c22-18(15-4-1-7-19-15)20-10-13-3-2-8-21(11-13)27(23,24)14-5-6-16-17(9-14)26-12-25-16;/h5-6,9,13,15,19H,1-4,7-8,10-12H2,(H,20,22);1H. The van der Waals surface area contributed by atoms with Gasteiger partial charge >= 0.3 is 0 Å². The van der Waals surface area contributed by atoms with Crippen LogP contribution in [0.1, 0.15) is 25.7 Å². The molecule has 28 heavy (non-hydrogen) atoms. The Hall–Kier alpha value is -1.55. The highest BCUT2D eigenvalue weighted by Crippen LogP contribution is 2.35. The number of carbonyl (C=O) groups excluding carboxylic acids is 1. The van der Waals surface area contributed by atoms with Gasteiger partial charge in [0.2, 0.25) is 22.7 Å². The highest BCUT2D eigenvalue weighted by atomic mass is 35.5. The molecule has 0 aromatic heterocycles. The van der Waals surface area contributed by atoms with E-state index in [0.29, 0.717) is 31.1 Å². The van der Waals surface area contributed by atoms with Gasteiger partial charge in [-0.1, -0.05) is 0 Å². The number of piperidine rings is 1. The van der Waals surface area contributed by atoms with Crippen LogP contribution in [-0.2, 0) is 14.8 Å². The summed E-state index contributed by atoms with van der Waals surface area (Å²) in [6, 6.07) is 4.60. The molecule has 10 heteroatoms. The highest BCUT2D eigenvalue weighted by Gasteiger charge is 2.32. The molecule has 1 aromatic carbocycles. The van der Waals surface area contributed by atoms with E-state index in [0.717, 1.165) is 32.2 Å². The maximum atomic E-state index is 13.0. The molecule has 3 aliphatic heterocycles. The first-order valence-electron chi connectivity index (χ1n) is 9.45. The molecule has 2 fully saturated rings. The van der Waals surface area contributed by atoms with Crippen LogP contribution in [-0.4, -0.2) is 57.6 Å². The van der Waals surface area contributed by atoms with Crippen molar-refractivity contribution in [2.24, 2.45) is 5.92 Å². The van der Waals surface area contributed by atoms with Crippen LogP contribution >= 0.6 is 12.4 Å². The van der Waals surface area contributed by atoms with Gasteiger partial charge in [0.1, 0.15) is 0 Å². The molecule has 3 heterocycles. The van der Waals surface area contributed by atoms with Crippen LogP contribution in [0, 0.1) is 5.92 Å². The first-order valence-corrected chi connectivity index (χ1v) is 10.9. The summed E-state index contributed by atoms with van der Waals surface area (Å²) in [6.07, 6.45) is 3.57. The van der Waals surface area contributed by atoms with E-state index in [1.165, 1.54) is 10.4 Å². The first kappa shape index (κ1) is 21.2. The number of nitrogens with zero attached hydrogens (tertiary/aromatic N) is 1. The molecule has 4 rings (SSSR count). The zero-order chi connectivity index (χ0) is 18.9. The zero-order valence-electron chi connectivity index (χ0n) is 15.6. The van der Waals surface area contributed by atoms with Crippen molar-refractivity contribution in [2.75, 3.05) is 33.0 Å². The lowest BCUT2D eigenvalue weighted by atomic mass is 9.99. The van der Waals surface area contributed by atoms with E-state index in [9.17, 15) is 13.2 Å². The Kier molecular flexibility index (Phi) is 6.69. The number of carbonyl (C=O) groups is 1. The lowest BCUT2D eigenvalue weighted by Gasteiger charge is -2.32. The molecule has 8 nitrogen and oxygen atoms in total. The number of amides is 1. The van der Waals surface area contributed by atoms with Crippen molar-refractivity contribution in [1.29, 1.82) is 0 Å². The summed E-state index contributed by atoms with van der Waals surface area (Å²) in [5.74, 6) is 1.16. The Morgan fingerprint density at radius 1 is 1.21 bits per heavy atom. The molecular formula is C18H26ClN3O5S. The van der Waals surface area contributed by atoms with Crippen LogP contribution in [0.4, 0.5) is 0 Å². The molecule has 1 amide bonds. The summed E-state index contributed by atoms with van der Waals surface area (Å²) in [5.41, 5.74) is 0. The fourth-order valence-electron chi connectivity index (χ4n) is 3.87. The van der Waals surface area contributed by atoms with Crippen molar-refractivity contribution in [3.63, 3.8) is 0 Å². The quantitative estimate of drug-likeness (QED) is 0.724. The zero-order valence-corrected chi connectivity index (χ0v) is 17.2. The van der Waals surface area contributed by atoms with Crippen LogP contribution in [0.5, 0.6) is 11.5 Å². The molecule has 2 N–H and O–H groups in total. The molecule has 0 aliphatic carbocycles. The Bertz CT molecular complexity index is 813. The van der Waals surface area contributed by atoms with Crippen molar-refractivity contribution >= 4 is 28.3 Å². The second-order valence-electron chi connectivity index (χ2n) is 7.28. The number of nitrogens with one attached hydrogen (secondary N) is 2. The lowest BCUT2D eigenvalue weighted by molar-refractivity contribution is -0.123. The molecule has 2 unspecified atom stereocenters. The number of halogens is 1. The molecule has 3 aliphatic rings. The molecule has 2 atom stereocenters. The molecule has 0 spiro atoms. The Morgan fingerprint density at radius 3 is 2.82 bits per heavy atom. The smallest absolute Gasteiger partial charge is 0.243 e. The van der Waals surface area contributed by atoms with Crippen LogP contribution in [0.3, 0.4) is 0 Å².